The number of benzene rings is 1. The zero-order chi connectivity index (χ0) is 14.8. The van der Waals surface area contributed by atoms with Gasteiger partial charge in [0.05, 0.1) is 0 Å². The molecule has 1 atom stereocenters. The molecule has 4 nitrogen and oxygen atoms in total. The molecule has 0 aliphatic carbocycles. The van der Waals surface area contributed by atoms with Crippen LogP contribution in [0.3, 0.4) is 0 Å². The summed E-state index contributed by atoms with van der Waals surface area (Å²) < 4.78 is 0. The number of amides is 1. The van der Waals surface area contributed by atoms with Crippen LogP contribution < -0.4 is 0 Å². The van der Waals surface area contributed by atoms with Gasteiger partial charge >= 0.3 is 5.97 Å². The minimum atomic E-state index is -1.02. The maximum atomic E-state index is 12.3. The smallest absolute Gasteiger partial charge is 0.329 e. The molecule has 1 aliphatic rings. The largest absolute Gasteiger partial charge is 0.480 e. The lowest BCUT2D eigenvalue weighted by atomic mass is 9.98. The van der Waals surface area contributed by atoms with E-state index < -0.39 is 11.5 Å². The molecular weight excluding hydrogens is 254 g/mol. The molecule has 1 amide bonds. The summed E-state index contributed by atoms with van der Waals surface area (Å²) in [5, 5.41) is 9.31. The summed E-state index contributed by atoms with van der Waals surface area (Å²) in [6.07, 6.45) is 2.33. The number of rotatable bonds is 4. The van der Waals surface area contributed by atoms with E-state index >= 15 is 0 Å². The van der Waals surface area contributed by atoms with E-state index in [1.807, 2.05) is 31.2 Å². The molecular formula is C16H21NO3. The van der Waals surface area contributed by atoms with Crippen molar-refractivity contribution < 1.29 is 14.7 Å². The Kier molecular flexibility index (Phi) is 4.12. The molecule has 2 rings (SSSR count). The fourth-order valence-corrected chi connectivity index (χ4v) is 2.73. The lowest BCUT2D eigenvalue weighted by Gasteiger charge is -2.31. The van der Waals surface area contributed by atoms with Gasteiger partial charge in [0.15, 0.2) is 0 Å². The zero-order valence-corrected chi connectivity index (χ0v) is 12.1. The van der Waals surface area contributed by atoms with E-state index in [0.717, 1.165) is 12.0 Å². The number of carboxylic acids is 1. The first-order chi connectivity index (χ1) is 9.43. The Labute approximate surface area is 119 Å². The fraction of sp³-hybridized carbons (Fsp3) is 0.500. The number of carboxylic acid groups (broad SMARTS) is 1. The number of carbonyl (C=O) groups excluding carboxylic acids is 1. The number of aliphatic carboxylic acids is 1. The van der Waals surface area contributed by atoms with Gasteiger partial charge in [0.25, 0.3) is 0 Å². The predicted molar refractivity (Wildman–Crippen MR) is 76.5 cm³/mol. The molecule has 0 spiro atoms. The number of hydrogen-bond acceptors (Lipinski definition) is 2. The molecule has 20 heavy (non-hydrogen) atoms. The highest BCUT2D eigenvalue weighted by molar-refractivity contribution is 5.87. The Morgan fingerprint density at radius 2 is 1.95 bits per heavy atom. The average Bonchev–Trinajstić information content (AvgIpc) is 2.81. The highest BCUT2D eigenvalue weighted by Gasteiger charge is 2.45. The van der Waals surface area contributed by atoms with E-state index in [2.05, 4.69) is 0 Å². The molecule has 1 aromatic carbocycles. The third-order valence-electron chi connectivity index (χ3n) is 4.15. The van der Waals surface area contributed by atoms with Gasteiger partial charge in [0.2, 0.25) is 5.91 Å². The minimum absolute atomic E-state index is 0.0621. The minimum Gasteiger partial charge on any atom is -0.480 e. The summed E-state index contributed by atoms with van der Waals surface area (Å²) in [4.78, 5) is 25.2. The normalized spacial score (nSPS) is 22.0. The number of aryl methyl sites for hydroxylation is 2. The molecule has 1 aliphatic heterocycles. The van der Waals surface area contributed by atoms with Crippen molar-refractivity contribution in [2.24, 2.45) is 0 Å². The summed E-state index contributed by atoms with van der Waals surface area (Å²) in [6.45, 7) is 4.22. The molecule has 4 heteroatoms. The molecule has 1 N–H and O–H groups in total. The second kappa shape index (κ2) is 5.65. The molecule has 1 saturated heterocycles. The van der Waals surface area contributed by atoms with Gasteiger partial charge < -0.3 is 10.0 Å². The monoisotopic (exact) mass is 275 g/mol. The Morgan fingerprint density at radius 3 is 2.55 bits per heavy atom. The van der Waals surface area contributed by atoms with Crippen molar-refractivity contribution in [3.8, 4) is 0 Å². The molecule has 0 bridgehead atoms. The van der Waals surface area contributed by atoms with Crippen LogP contribution in [-0.4, -0.2) is 34.0 Å². The van der Waals surface area contributed by atoms with Crippen LogP contribution in [-0.2, 0) is 16.0 Å². The van der Waals surface area contributed by atoms with Gasteiger partial charge in [-0.3, -0.25) is 4.79 Å². The van der Waals surface area contributed by atoms with Gasteiger partial charge in [-0.2, -0.15) is 0 Å². The SMILES string of the molecule is Cc1ccc(CCC(=O)N2CCCC2(C)C(=O)O)cc1. The maximum absolute atomic E-state index is 12.3. The van der Waals surface area contributed by atoms with E-state index in [9.17, 15) is 14.7 Å². The molecule has 1 fully saturated rings. The van der Waals surface area contributed by atoms with E-state index in [0.29, 0.717) is 25.8 Å². The van der Waals surface area contributed by atoms with Crippen molar-refractivity contribution in [1.82, 2.24) is 4.90 Å². The van der Waals surface area contributed by atoms with E-state index in [-0.39, 0.29) is 5.91 Å². The third-order valence-corrected chi connectivity index (χ3v) is 4.15. The van der Waals surface area contributed by atoms with Gasteiger partial charge in [-0.05, 0) is 38.7 Å². The predicted octanol–water partition coefficient (Wildman–Crippen LogP) is 2.39. The van der Waals surface area contributed by atoms with Crippen LogP contribution in [0.4, 0.5) is 0 Å². The van der Waals surface area contributed by atoms with Crippen molar-refractivity contribution in [1.29, 1.82) is 0 Å². The van der Waals surface area contributed by atoms with Gasteiger partial charge in [-0.25, -0.2) is 4.79 Å². The number of likely N-dealkylation sites (tertiary alicyclic amines) is 1. The van der Waals surface area contributed by atoms with Gasteiger partial charge in [-0.1, -0.05) is 29.8 Å². The van der Waals surface area contributed by atoms with Gasteiger partial charge in [0, 0.05) is 13.0 Å². The maximum Gasteiger partial charge on any atom is 0.329 e. The Hall–Kier alpha value is -1.84. The number of carbonyl (C=O) groups is 2. The third kappa shape index (κ3) is 2.84. The molecule has 1 unspecified atom stereocenters. The summed E-state index contributed by atoms with van der Waals surface area (Å²) >= 11 is 0. The summed E-state index contributed by atoms with van der Waals surface area (Å²) in [6, 6.07) is 8.08. The first-order valence-corrected chi connectivity index (χ1v) is 7.03. The number of hydrogen-bond donors (Lipinski definition) is 1. The van der Waals surface area contributed by atoms with Crippen LogP contribution in [0.15, 0.2) is 24.3 Å². The van der Waals surface area contributed by atoms with Crippen molar-refractivity contribution in [2.45, 2.75) is 45.1 Å². The quantitative estimate of drug-likeness (QED) is 0.918. The van der Waals surface area contributed by atoms with Crippen LogP contribution in [0.25, 0.3) is 0 Å². The number of nitrogens with zero attached hydrogens (tertiary/aromatic N) is 1. The van der Waals surface area contributed by atoms with Gasteiger partial charge in [-0.15, -0.1) is 0 Å². The first kappa shape index (κ1) is 14.6. The van der Waals surface area contributed by atoms with Crippen molar-refractivity contribution in [3.63, 3.8) is 0 Å². The van der Waals surface area contributed by atoms with E-state index in [1.54, 1.807) is 6.92 Å². The summed E-state index contributed by atoms with van der Waals surface area (Å²) in [5.74, 6) is -0.966. The fourth-order valence-electron chi connectivity index (χ4n) is 2.73. The van der Waals surface area contributed by atoms with Crippen LogP contribution in [0.5, 0.6) is 0 Å². The van der Waals surface area contributed by atoms with Crippen molar-refractivity contribution in [3.05, 3.63) is 35.4 Å². The Bertz CT molecular complexity index is 509. The topological polar surface area (TPSA) is 57.6 Å². The first-order valence-electron chi connectivity index (χ1n) is 7.03. The molecule has 108 valence electrons. The lowest BCUT2D eigenvalue weighted by molar-refractivity contribution is -0.155. The second-order valence-corrected chi connectivity index (χ2v) is 5.71. The standard InChI is InChI=1S/C16H21NO3/c1-12-4-6-13(7-5-12)8-9-14(18)17-11-3-10-16(17,2)15(19)20/h4-7H,3,8-11H2,1-2H3,(H,19,20). The highest BCUT2D eigenvalue weighted by Crippen LogP contribution is 2.30. The van der Waals surface area contributed by atoms with Crippen molar-refractivity contribution >= 4 is 11.9 Å². The summed E-state index contributed by atoms with van der Waals surface area (Å²) in [7, 11) is 0. The average molecular weight is 275 g/mol. The highest BCUT2D eigenvalue weighted by atomic mass is 16.4. The summed E-state index contributed by atoms with van der Waals surface area (Å²) in [5.41, 5.74) is 1.28. The zero-order valence-electron chi connectivity index (χ0n) is 12.1. The van der Waals surface area contributed by atoms with Crippen molar-refractivity contribution in [2.75, 3.05) is 6.54 Å². The second-order valence-electron chi connectivity index (χ2n) is 5.71. The van der Waals surface area contributed by atoms with Crippen LogP contribution in [0.1, 0.15) is 37.3 Å². The van der Waals surface area contributed by atoms with E-state index in [4.69, 9.17) is 0 Å². The Morgan fingerprint density at radius 1 is 1.30 bits per heavy atom. The molecule has 1 aromatic rings. The molecule has 0 radical (unpaired) electrons. The Balaban J connectivity index is 1.98. The van der Waals surface area contributed by atoms with Crippen LogP contribution in [0.2, 0.25) is 0 Å². The molecule has 0 aromatic heterocycles. The van der Waals surface area contributed by atoms with Crippen LogP contribution in [0, 0.1) is 6.92 Å². The molecule has 1 heterocycles. The molecule has 0 saturated carbocycles. The lowest BCUT2D eigenvalue weighted by Crippen LogP contribution is -2.50. The van der Waals surface area contributed by atoms with Gasteiger partial charge in [0.1, 0.15) is 5.54 Å². The van der Waals surface area contributed by atoms with Crippen LogP contribution >= 0.6 is 0 Å². The van der Waals surface area contributed by atoms with E-state index in [1.165, 1.54) is 10.5 Å².